The Hall–Kier alpha value is -3.56. The molecule has 0 radical (unpaired) electrons. The monoisotopic (exact) mass is 336 g/mol. The molecule has 0 fully saturated rings. The zero-order chi connectivity index (χ0) is 18.3. The molecule has 0 aromatic rings. The minimum Gasteiger partial charge on any atom is -0.478 e. The Morgan fingerprint density at radius 1 is 0.708 bits per heavy atom. The van der Waals surface area contributed by atoms with Crippen LogP contribution in [0.3, 0.4) is 0 Å². The predicted octanol–water partition coefficient (Wildman–Crippen LogP) is -1.45. The van der Waals surface area contributed by atoms with Crippen LogP contribution in [-0.4, -0.2) is 68.7 Å². The fourth-order valence-corrected chi connectivity index (χ4v) is 1.65. The smallest absolute Gasteiger partial charge is 0.328 e. The van der Waals surface area contributed by atoms with Gasteiger partial charge in [-0.2, -0.15) is 0 Å². The molecule has 0 aromatic heterocycles. The minimum absolute atomic E-state index is 0.0316. The maximum Gasteiger partial charge on any atom is 0.328 e. The molecule has 10 nitrogen and oxygen atoms in total. The summed E-state index contributed by atoms with van der Waals surface area (Å²) >= 11 is 0. The lowest BCUT2D eigenvalue weighted by atomic mass is 10.4. The molecule has 0 saturated heterocycles. The molecule has 0 atom stereocenters. The van der Waals surface area contributed by atoms with Gasteiger partial charge in [-0.1, -0.05) is 0 Å². The number of rotatable bonds is 5. The van der Waals surface area contributed by atoms with E-state index in [1.807, 2.05) is 0 Å². The standard InChI is InChI=1S/C10H8N2O4.C4H4O4/c13-7-1-2-8(14)11(7)5-6-12-9(15)3-4-10(12)16;5-3(6)1-2-4(7)8/h1-4H,5-6H2;1-2H,(H,5,6)(H,7,8)/b;2-1-. The number of nitrogens with zero attached hydrogens (tertiary/aromatic N) is 2. The summed E-state index contributed by atoms with van der Waals surface area (Å²) in [5, 5.41) is 15.6. The molecule has 2 N–H and O–H groups in total. The Morgan fingerprint density at radius 3 is 1.17 bits per heavy atom. The first-order valence-electron chi connectivity index (χ1n) is 6.43. The molecule has 2 rings (SSSR count). The quantitative estimate of drug-likeness (QED) is 0.457. The van der Waals surface area contributed by atoms with Crippen LogP contribution in [0.2, 0.25) is 0 Å². The number of imide groups is 2. The first-order valence-corrected chi connectivity index (χ1v) is 6.43. The van der Waals surface area contributed by atoms with E-state index in [1.54, 1.807) is 0 Å². The van der Waals surface area contributed by atoms with Crippen molar-refractivity contribution in [3.63, 3.8) is 0 Å². The Labute approximate surface area is 134 Å². The summed E-state index contributed by atoms with van der Waals surface area (Å²) in [6, 6.07) is 0. The van der Waals surface area contributed by atoms with E-state index in [-0.39, 0.29) is 13.1 Å². The van der Waals surface area contributed by atoms with Crippen LogP contribution >= 0.6 is 0 Å². The van der Waals surface area contributed by atoms with Crippen LogP contribution in [0, 0.1) is 0 Å². The third-order valence-electron chi connectivity index (χ3n) is 2.72. The van der Waals surface area contributed by atoms with Crippen LogP contribution in [0.1, 0.15) is 0 Å². The second kappa shape index (κ2) is 8.17. The van der Waals surface area contributed by atoms with Crippen molar-refractivity contribution in [2.75, 3.05) is 13.1 Å². The second-order valence-corrected chi connectivity index (χ2v) is 4.33. The first-order chi connectivity index (χ1) is 11.2. The SMILES string of the molecule is O=C(O)/C=C\C(=O)O.O=C1C=CC(=O)N1CCN1C(=O)C=CC1=O. The number of carboxylic acid groups (broad SMARTS) is 2. The molecule has 10 heteroatoms. The van der Waals surface area contributed by atoms with E-state index in [1.165, 1.54) is 0 Å². The molecule has 0 bridgehead atoms. The number of hydrogen-bond acceptors (Lipinski definition) is 6. The fourth-order valence-electron chi connectivity index (χ4n) is 1.65. The summed E-state index contributed by atoms with van der Waals surface area (Å²) in [5.41, 5.74) is 0. The summed E-state index contributed by atoms with van der Waals surface area (Å²) in [4.78, 5) is 65.7. The highest BCUT2D eigenvalue weighted by atomic mass is 16.4. The number of aliphatic carboxylic acids is 2. The minimum atomic E-state index is -1.26. The van der Waals surface area contributed by atoms with Crippen molar-refractivity contribution in [2.24, 2.45) is 0 Å². The average Bonchev–Trinajstić information content (AvgIpc) is 2.99. The molecule has 4 amide bonds. The Bertz CT molecular complexity index is 595. The summed E-state index contributed by atoms with van der Waals surface area (Å²) in [6.07, 6.45) is 5.76. The predicted molar refractivity (Wildman–Crippen MR) is 76.1 cm³/mol. The van der Waals surface area contributed by atoms with Crippen molar-refractivity contribution in [3.8, 4) is 0 Å². The van der Waals surface area contributed by atoms with Crippen LogP contribution in [0.5, 0.6) is 0 Å². The molecule has 0 saturated carbocycles. The van der Waals surface area contributed by atoms with E-state index in [0.717, 1.165) is 34.1 Å². The summed E-state index contributed by atoms with van der Waals surface area (Å²) in [5.74, 6) is -4.19. The number of carbonyl (C=O) groups excluding carboxylic acids is 4. The topological polar surface area (TPSA) is 149 Å². The van der Waals surface area contributed by atoms with Gasteiger partial charge in [0, 0.05) is 49.5 Å². The van der Waals surface area contributed by atoms with Crippen molar-refractivity contribution in [3.05, 3.63) is 36.5 Å². The van der Waals surface area contributed by atoms with Gasteiger partial charge in [0.1, 0.15) is 0 Å². The molecule has 2 aliphatic heterocycles. The lowest BCUT2D eigenvalue weighted by Crippen LogP contribution is -2.40. The maximum atomic E-state index is 11.2. The van der Waals surface area contributed by atoms with Crippen molar-refractivity contribution >= 4 is 35.6 Å². The lowest BCUT2D eigenvalue weighted by Gasteiger charge is -2.18. The van der Waals surface area contributed by atoms with Gasteiger partial charge in [-0.15, -0.1) is 0 Å². The number of hydrogen-bond donors (Lipinski definition) is 2. The van der Waals surface area contributed by atoms with Gasteiger partial charge in [0.25, 0.3) is 23.6 Å². The highest BCUT2D eigenvalue weighted by Gasteiger charge is 2.27. The molecule has 0 spiro atoms. The molecule has 2 aliphatic rings. The Morgan fingerprint density at radius 2 is 0.958 bits per heavy atom. The third kappa shape index (κ3) is 5.33. The van der Waals surface area contributed by atoms with Crippen LogP contribution in [-0.2, 0) is 28.8 Å². The van der Waals surface area contributed by atoms with Gasteiger partial charge in [-0.3, -0.25) is 29.0 Å². The van der Waals surface area contributed by atoms with Gasteiger partial charge in [0.05, 0.1) is 0 Å². The van der Waals surface area contributed by atoms with Gasteiger partial charge < -0.3 is 10.2 Å². The maximum absolute atomic E-state index is 11.2. The third-order valence-corrected chi connectivity index (χ3v) is 2.72. The van der Waals surface area contributed by atoms with Crippen molar-refractivity contribution in [2.45, 2.75) is 0 Å². The largest absolute Gasteiger partial charge is 0.478 e. The molecular weight excluding hydrogens is 324 g/mol. The molecule has 0 unspecified atom stereocenters. The van der Waals surface area contributed by atoms with Crippen molar-refractivity contribution in [1.29, 1.82) is 0 Å². The molecule has 24 heavy (non-hydrogen) atoms. The molecule has 126 valence electrons. The number of amides is 4. The van der Waals surface area contributed by atoms with E-state index >= 15 is 0 Å². The average molecular weight is 336 g/mol. The van der Waals surface area contributed by atoms with E-state index in [0.29, 0.717) is 12.2 Å². The van der Waals surface area contributed by atoms with E-state index < -0.39 is 35.6 Å². The van der Waals surface area contributed by atoms with Gasteiger partial charge in [-0.25, -0.2) is 9.59 Å². The van der Waals surface area contributed by atoms with Gasteiger partial charge in [-0.05, 0) is 0 Å². The van der Waals surface area contributed by atoms with E-state index in [4.69, 9.17) is 10.2 Å². The van der Waals surface area contributed by atoms with Gasteiger partial charge >= 0.3 is 11.9 Å². The van der Waals surface area contributed by atoms with E-state index in [9.17, 15) is 28.8 Å². The highest BCUT2D eigenvalue weighted by Crippen LogP contribution is 2.07. The zero-order valence-electron chi connectivity index (χ0n) is 12.1. The zero-order valence-corrected chi connectivity index (χ0v) is 12.1. The molecule has 0 aromatic carbocycles. The first kappa shape index (κ1) is 18.5. The van der Waals surface area contributed by atoms with Gasteiger partial charge in [0.15, 0.2) is 0 Å². The highest BCUT2D eigenvalue weighted by molar-refractivity contribution is 6.14. The Kier molecular flexibility index (Phi) is 6.30. The second-order valence-electron chi connectivity index (χ2n) is 4.33. The van der Waals surface area contributed by atoms with Crippen LogP contribution in [0.4, 0.5) is 0 Å². The van der Waals surface area contributed by atoms with Crippen LogP contribution in [0.15, 0.2) is 36.5 Å². The summed E-state index contributed by atoms with van der Waals surface area (Å²) < 4.78 is 0. The van der Waals surface area contributed by atoms with Crippen molar-refractivity contribution < 1.29 is 39.0 Å². The number of carboxylic acids is 2. The lowest BCUT2D eigenvalue weighted by molar-refractivity contribution is -0.142. The summed E-state index contributed by atoms with van der Waals surface area (Å²) in [7, 11) is 0. The molecule has 0 aliphatic carbocycles. The van der Waals surface area contributed by atoms with E-state index in [2.05, 4.69) is 0 Å². The van der Waals surface area contributed by atoms with Crippen molar-refractivity contribution in [1.82, 2.24) is 9.80 Å². The van der Waals surface area contributed by atoms with Crippen LogP contribution < -0.4 is 0 Å². The normalized spacial score (nSPS) is 16.2. The number of carbonyl (C=O) groups is 6. The molecular formula is C14H12N2O8. The fraction of sp³-hybridized carbons (Fsp3) is 0.143. The summed E-state index contributed by atoms with van der Waals surface area (Å²) in [6.45, 7) is 0.0631. The Balaban J connectivity index is 0.000000307. The van der Waals surface area contributed by atoms with Gasteiger partial charge in [0.2, 0.25) is 0 Å². The van der Waals surface area contributed by atoms with Crippen LogP contribution in [0.25, 0.3) is 0 Å². The molecule has 2 heterocycles.